The standard InChI is InChI=1S/C15H28OS/c1-4-12-6-5-7-13(10-12)15(16)11-17-9-8-14(15,2)3/h12-13,16H,4-11H2,1-3H3. The van der Waals surface area contributed by atoms with Gasteiger partial charge in [-0.1, -0.05) is 40.0 Å². The van der Waals surface area contributed by atoms with E-state index in [0.29, 0.717) is 5.92 Å². The van der Waals surface area contributed by atoms with Crippen molar-refractivity contribution in [2.75, 3.05) is 11.5 Å². The zero-order valence-corrected chi connectivity index (χ0v) is 12.5. The van der Waals surface area contributed by atoms with Gasteiger partial charge in [-0.3, -0.25) is 0 Å². The van der Waals surface area contributed by atoms with E-state index in [9.17, 15) is 5.11 Å². The van der Waals surface area contributed by atoms with E-state index in [-0.39, 0.29) is 5.41 Å². The molecule has 0 spiro atoms. The highest BCUT2D eigenvalue weighted by molar-refractivity contribution is 7.99. The van der Waals surface area contributed by atoms with E-state index in [1.165, 1.54) is 44.3 Å². The zero-order valence-electron chi connectivity index (χ0n) is 11.7. The summed E-state index contributed by atoms with van der Waals surface area (Å²) in [5.74, 6) is 3.59. The molecule has 0 amide bonds. The highest BCUT2D eigenvalue weighted by Crippen LogP contribution is 2.51. The quantitative estimate of drug-likeness (QED) is 0.803. The fourth-order valence-corrected chi connectivity index (χ4v) is 5.47. The molecule has 2 rings (SSSR count). The van der Waals surface area contributed by atoms with Gasteiger partial charge < -0.3 is 5.11 Å². The Bertz CT molecular complexity index is 264. The summed E-state index contributed by atoms with van der Waals surface area (Å²) in [6.07, 6.45) is 7.68. The largest absolute Gasteiger partial charge is 0.388 e. The van der Waals surface area contributed by atoms with Crippen molar-refractivity contribution in [2.24, 2.45) is 17.3 Å². The van der Waals surface area contributed by atoms with Crippen LogP contribution >= 0.6 is 11.8 Å². The Hall–Kier alpha value is 0.310. The molecule has 1 heterocycles. The Labute approximate surface area is 111 Å². The van der Waals surface area contributed by atoms with Gasteiger partial charge in [-0.15, -0.1) is 0 Å². The molecule has 17 heavy (non-hydrogen) atoms. The van der Waals surface area contributed by atoms with Gasteiger partial charge in [-0.25, -0.2) is 0 Å². The summed E-state index contributed by atoms with van der Waals surface area (Å²) in [5.41, 5.74) is -0.303. The number of hydrogen-bond acceptors (Lipinski definition) is 2. The first-order valence-corrected chi connectivity index (χ1v) is 8.45. The summed E-state index contributed by atoms with van der Waals surface area (Å²) in [4.78, 5) is 0. The minimum absolute atomic E-state index is 0.110. The molecular formula is C15H28OS. The minimum atomic E-state index is -0.413. The van der Waals surface area contributed by atoms with E-state index in [2.05, 4.69) is 20.8 Å². The van der Waals surface area contributed by atoms with E-state index in [0.717, 1.165) is 11.7 Å². The molecule has 0 bridgehead atoms. The van der Waals surface area contributed by atoms with Crippen LogP contribution < -0.4 is 0 Å². The zero-order chi connectivity index (χ0) is 12.5. The molecule has 0 aromatic carbocycles. The molecule has 1 N–H and O–H groups in total. The minimum Gasteiger partial charge on any atom is -0.388 e. The molecule has 0 aromatic rings. The topological polar surface area (TPSA) is 20.2 Å². The van der Waals surface area contributed by atoms with Crippen molar-refractivity contribution in [3.8, 4) is 0 Å². The number of thioether (sulfide) groups is 1. The van der Waals surface area contributed by atoms with Crippen molar-refractivity contribution < 1.29 is 5.11 Å². The van der Waals surface area contributed by atoms with Gasteiger partial charge in [-0.05, 0) is 42.3 Å². The first-order valence-electron chi connectivity index (χ1n) is 7.30. The molecule has 3 unspecified atom stereocenters. The van der Waals surface area contributed by atoms with Gasteiger partial charge in [0.15, 0.2) is 0 Å². The molecule has 1 aliphatic carbocycles. The average Bonchev–Trinajstić information content (AvgIpc) is 2.33. The van der Waals surface area contributed by atoms with Crippen LogP contribution in [0.1, 0.15) is 59.3 Å². The number of aliphatic hydroxyl groups is 1. The Kier molecular flexibility index (Phi) is 4.14. The molecule has 1 saturated carbocycles. The van der Waals surface area contributed by atoms with Gasteiger partial charge >= 0.3 is 0 Å². The second-order valence-corrected chi connectivity index (χ2v) is 7.85. The van der Waals surface area contributed by atoms with Crippen molar-refractivity contribution in [1.82, 2.24) is 0 Å². The Morgan fingerprint density at radius 3 is 2.71 bits per heavy atom. The summed E-state index contributed by atoms with van der Waals surface area (Å²) in [5, 5.41) is 11.2. The normalized spacial score (nSPS) is 42.4. The first kappa shape index (κ1) is 13.7. The molecule has 2 heteroatoms. The van der Waals surface area contributed by atoms with Crippen LogP contribution in [0, 0.1) is 17.3 Å². The summed E-state index contributed by atoms with van der Waals surface area (Å²) >= 11 is 1.96. The van der Waals surface area contributed by atoms with Crippen LogP contribution in [0.3, 0.4) is 0 Å². The Balaban J connectivity index is 2.12. The maximum atomic E-state index is 11.2. The SMILES string of the molecule is CCC1CCCC(C2(O)CSCCC2(C)C)C1. The fraction of sp³-hybridized carbons (Fsp3) is 1.00. The molecule has 2 fully saturated rings. The second kappa shape index (κ2) is 5.13. The van der Waals surface area contributed by atoms with Crippen LogP contribution in [0.5, 0.6) is 0 Å². The van der Waals surface area contributed by atoms with Crippen molar-refractivity contribution >= 4 is 11.8 Å². The monoisotopic (exact) mass is 256 g/mol. The van der Waals surface area contributed by atoms with E-state index in [1.54, 1.807) is 0 Å². The molecule has 2 aliphatic rings. The van der Waals surface area contributed by atoms with Gasteiger partial charge in [-0.2, -0.15) is 11.8 Å². The predicted octanol–water partition coefficient (Wildman–Crippen LogP) is 4.10. The molecule has 1 aliphatic heterocycles. The molecule has 3 atom stereocenters. The predicted molar refractivity (Wildman–Crippen MR) is 76.4 cm³/mol. The van der Waals surface area contributed by atoms with Crippen LogP contribution in [-0.4, -0.2) is 22.2 Å². The molecule has 0 aromatic heterocycles. The van der Waals surface area contributed by atoms with E-state index < -0.39 is 5.60 Å². The van der Waals surface area contributed by atoms with Crippen LogP contribution in [-0.2, 0) is 0 Å². The van der Waals surface area contributed by atoms with Crippen molar-refractivity contribution in [3.63, 3.8) is 0 Å². The molecule has 100 valence electrons. The fourth-order valence-electron chi connectivity index (χ4n) is 3.73. The van der Waals surface area contributed by atoms with E-state index >= 15 is 0 Å². The molecule has 1 nitrogen and oxygen atoms in total. The van der Waals surface area contributed by atoms with Crippen LogP contribution in [0.25, 0.3) is 0 Å². The summed E-state index contributed by atoms with van der Waals surface area (Å²) in [6.45, 7) is 6.86. The third-order valence-electron chi connectivity index (χ3n) is 5.40. The van der Waals surface area contributed by atoms with E-state index in [4.69, 9.17) is 0 Å². The first-order chi connectivity index (χ1) is 7.99. The van der Waals surface area contributed by atoms with Gasteiger partial charge in [0, 0.05) is 5.75 Å². The lowest BCUT2D eigenvalue weighted by Crippen LogP contribution is -2.56. The molecule has 1 saturated heterocycles. The van der Waals surface area contributed by atoms with Crippen molar-refractivity contribution in [1.29, 1.82) is 0 Å². The summed E-state index contributed by atoms with van der Waals surface area (Å²) in [7, 11) is 0. The van der Waals surface area contributed by atoms with E-state index in [1.807, 2.05) is 11.8 Å². The third kappa shape index (κ3) is 2.53. The third-order valence-corrected chi connectivity index (χ3v) is 6.54. The lowest BCUT2D eigenvalue weighted by molar-refractivity contribution is -0.112. The second-order valence-electron chi connectivity index (χ2n) is 6.75. The maximum absolute atomic E-state index is 11.2. The number of rotatable bonds is 2. The van der Waals surface area contributed by atoms with Crippen LogP contribution in [0.15, 0.2) is 0 Å². The highest BCUT2D eigenvalue weighted by atomic mass is 32.2. The van der Waals surface area contributed by atoms with Crippen LogP contribution in [0.4, 0.5) is 0 Å². The van der Waals surface area contributed by atoms with Gasteiger partial charge in [0.2, 0.25) is 0 Å². The Morgan fingerprint density at radius 1 is 1.29 bits per heavy atom. The lowest BCUT2D eigenvalue weighted by atomic mass is 9.61. The Morgan fingerprint density at radius 2 is 2.06 bits per heavy atom. The number of hydrogen-bond donors (Lipinski definition) is 1. The maximum Gasteiger partial charge on any atom is 0.0816 e. The molecule has 0 radical (unpaired) electrons. The van der Waals surface area contributed by atoms with Gasteiger partial charge in [0.25, 0.3) is 0 Å². The summed E-state index contributed by atoms with van der Waals surface area (Å²) < 4.78 is 0. The smallest absolute Gasteiger partial charge is 0.0816 e. The van der Waals surface area contributed by atoms with Crippen molar-refractivity contribution in [3.05, 3.63) is 0 Å². The van der Waals surface area contributed by atoms with Crippen molar-refractivity contribution in [2.45, 2.75) is 64.9 Å². The van der Waals surface area contributed by atoms with Gasteiger partial charge in [0.05, 0.1) is 5.60 Å². The highest BCUT2D eigenvalue weighted by Gasteiger charge is 2.51. The lowest BCUT2D eigenvalue weighted by Gasteiger charge is -2.52. The van der Waals surface area contributed by atoms with Crippen LogP contribution in [0.2, 0.25) is 0 Å². The van der Waals surface area contributed by atoms with Gasteiger partial charge in [0.1, 0.15) is 0 Å². The molecular weight excluding hydrogens is 228 g/mol. The average molecular weight is 256 g/mol. The summed E-state index contributed by atoms with van der Waals surface area (Å²) in [6, 6.07) is 0.